The molecule has 4 nitrogen and oxygen atoms in total. The summed E-state index contributed by atoms with van der Waals surface area (Å²) in [6.07, 6.45) is 6.84. The standard InChI is InChI=1S/C16H25N3OS/c1-12(14-11-21-13(2)18-14)17-15(20)16(7-3-4-8-16)19-9-5-6-10-19/h11-12H,3-10H2,1-2H3,(H,17,20)/t12-/m1/s1. The summed E-state index contributed by atoms with van der Waals surface area (Å²) in [5.41, 5.74) is 0.746. The van der Waals surface area contributed by atoms with E-state index >= 15 is 0 Å². The van der Waals surface area contributed by atoms with Crippen LogP contribution >= 0.6 is 11.3 Å². The van der Waals surface area contributed by atoms with Crippen molar-refractivity contribution in [1.82, 2.24) is 15.2 Å². The van der Waals surface area contributed by atoms with E-state index in [4.69, 9.17) is 0 Å². The van der Waals surface area contributed by atoms with Crippen LogP contribution in [0.3, 0.4) is 0 Å². The molecule has 0 spiro atoms. The molecule has 1 atom stereocenters. The largest absolute Gasteiger partial charge is 0.346 e. The minimum atomic E-state index is -0.240. The van der Waals surface area contributed by atoms with Crippen molar-refractivity contribution in [3.63, 3.8) is 0 Å². The number of nitrogens with one attached hydrogen (secondary N) is 1. The second-order valence-corrected chi connectivity index (χ2v) is 7.48. The van der Waals surface area contributed by atoms with Gasteiger partial charge in [-0.05, 0) is 52.6 Å². The van der Waals surface area contributed by atoms with Gasteiger partial charge in [0.1, 0.15) is 5.54 Å². The predicted octanol–water partition coefficient (Wildman–Crippen LogP) is 3.04. The summed E-state index contributed by atoms with van der Waals surface area (Å²) in [6.45, 7) is 6.21. The van der Waals surface area contributed by atoms with Crippen molar-refractivity contribution in [2.45, 2.75) is 64.0 Å². The Bertz CT molecular complexity index is 501. The summed E-state index contributed by atoms with van der Waals surface area (Å²) >= 11 is 1.64. The first kappa shape index (κ1) is 15.0. The van der Waals surface area contributed by atoms with Gasteiger partial charge in [-0.1, -0.05) is 12.8 Å². The third-order valence-electron chi connectivity index (χ3n) is 4.99. The zero-order valence-corrected chi connectivity index (χ0v) is 13.8. The molecule has 0 unspecified atom stereocenters. The van der Waals surface area contributed by atoms with E-state index in [-0.39, 0.29) is 17.5 Å². The zero-order chi connectivity index (χ0) is 14.9. The summed E-state index contributed by atoms with van der Waals surface area (Å²) in [7, 11) is 0. The average Bonchev–Trinajstić information content (AvgIpc) is 3.20. The third-order valence-corrected chi connectivity index (χ3v) is 5.78. The number of likely N-dealkylation sites (tertiary alicyclic amines) is 1. The van der Waals surface area contributed by atoms with E-state index in [2.05, 4.69) is 20.6 Å². The number of carbonyl (C=O) groups is 1. The predicted molar refractivity (Wildman–Crippen MR) is 85.4 cm³/mol. The lowest BCUT2D eigenvalue weighted by atomic mass is 9.93. The zero-order valence-electron chi connectivity index (χ0n) is 13.0. The average molecular weight is 307 g/mol. The van der Waals surface area contributed by atoms with E-state index in [0.29, 0.717) is 0 Å². The summed E-state index contributed by atoms with van der Waals surface area (Å²) < 4.78 is 0. The van der Waals surface area contributed by atoms with Crippen LogP contribution in [-0.2, 0) is 4.79 Å². The van der Waals surface area contributed by atoms with Crippen LogP contribution in [0.2, 0.25) is 0 Å². The van der Waals surface area contributed by atoms with E-state index in [0.717, 1.165) is 36.6 Å². The lowest BCUT2D eigenvalue weighted by Gasteiger charge is -2.38. The Morgan fingerprint density at radius 3 is 2.57 bits per heavy atom. The molecule has 1 saturated carbocycles. The Labute approximate surface area is 130 Å². The van der Waals surface area contributed by atoms with Gasteiger partial charge in [-0.15, -0.1) is 11.3 Å². The number of aryl methyl sites for hydroxylation is 1. The minimum absolute atomic E-state index is 0.00234. The summed E-state index contributed by atoms with van der Waals surface area (Å²) in [4.78, 5) is 19.9. The smallest absolute Gasteiger partial charge is 0.241 e. The molecular formula is C16H25N3OS. The first-order chi connectivity index (χ1) is 10.1. The van der Waals surface area contributed by atoms with Gasteiger partial charge in [0.25, 0.3) is 0 Å². The molecule has 0 radical (unpaired) electrons. The second-order valence-electron chi connectivity index (χ2n) is 6.42. The lowest BCUT2D eigenvalue weighted by molar-refractivity contribution is -0.133. The number of nitrogens with zero attached hydrogens (tertiary/aromatic N) is 2. The maximum absolute atomic E-state index is 13.0. The van der Waals surface area contributed by atoms with Crippen LogP contribution in [0.4, 0.5) is 0 Å². The van der Waals surface area contributed by atoms with Gasteiger partial charge in [0.15, 0.2) is 0 Å². The molecule has 1 aromatic rings. The maximum atomic E-state index is 13.0. The lowest BCUT2D eigenvalue weighted by Crippen LogP contribution is -2.56. The van der Waals surface area contributed by atoms with E-state index in [1.54, 1.807) is 11.3 Å². The van der Waals surface area contributed by atoms with Crippen LogP contribution in [0.15, 0.2) is 5.38 Å². The number of hydrogen-bond donors (Lipinski definition) is 1. The molecule has 2 fully saturated rings. The van der Waals surface area contributed by atoms with Crippen molar-refractivity contribution in [1.29, 1.82) is 0 Å². The van der Waals surface area contributed by atoms with Crippen LogP contribution in [0.5, 0.6) is 0 Å². The molecule has 2 aliphatic rings. The molecule has 1 aliphatic carbocycles. The Hall–Kier alpha value is -0.940. The van der Waals surface area contributed by atoms with E-state index < -0.39 is 0 Å². The van der Waals surface area contributed by atoms with Crippen LogP contribution in [-0.4, -0.2) is 34.4 Å². The van der Waals surface area contributed by atoms with Gasteiger partial charge in [-0.2, -0.15) is 0 Å². The van der Waals surface area contributed by atoms with Crippen molar-refractivity contribution in [3.8, 4) is 0 Å². The number of aromatic nitrogens is 1. The molecule has 116 valence electrons. The molecule has 1 aromatic heterocycles. The fourth-order valence-corrected chi connectivity index (χ4v) is 4.48. The van der Waals surface area contributed by atoms with Gasteiger partial charge in [-0.25, -0.2) is 4.98 Å². The molecule has 21 heavy (non-hydrogen) atoms. The van der Waals surface area contributed by atoms with Crippen LogP contribution < -0.4 is 5.32 Å². The number of hydrogen-bond acceptors (Lipinski definition) is 4. The highest BCUT2D eigenvalue weighted by Crippen LogP contribution is 2.38. The van der Waals surface area contributed by atoms with Gasteiger partial charge in [-0.3, -0.25) is 9.69 Å². The number of thiazole rings is 1. The van der Waals surface area contributed by atoms with Crippen molar-refractivity contribution >= 4 is 17.2 Å². The van der Waals surface area contributed by atoms with E-state index in [1.165, 1.54) is 25.7 Å². The SMILES string of the molecule is Cc1nc([C@@H](C)NC(=O)C2(N3CCCC3)CCCC2)cs1. The first-order valence-electron chi connectivity index (χ1n) is 8.10. The van der Waals surface area contributed by atoms with Crippen molar-refractivity contribution in [3.05, 3.63) is 16.1 Å². The maximum Gasteiger partial charge on any atom is 0.241 e. The summed E-state index contributed by atoms with van der Waals surface area (Å²) in [5, 5.41) is 6.34. The topological polar surface area (TPSA) is 45.2 Å². The van der Waals surface area contributed by atoms with Crippen molar-refractivity contribution in [2.24, 2.45) is 0 Å². The number of carbonyl (C=O) groups excluding carboxylic acids is 1. The molecule has 5 heteroatoms. The molecule has 0 aromatic carbocycles. The number of amides is 1. The first-order valence-corrected chi connectivity index (χ1v) is 8.98. The molecular weight excluding hydrogens is 282 g/mol. The fraction of sp³-hybridized carbons (Fsp3) is 0.750. The molecule has 1 N–H and O–H groups in total. The molecule has 3 rings (SSSR count). The van der Waals surface area contributed by atoms with Crippen LogP contribution in [0, 0.1) is 6.92 Å². The highest BCUT2D eigenvalue weighted by Gasteiger charge is 2.47. The Morgan fingerprint density at radius 2 is 2.00 bits per heavy atom. The molecule has 1 amide bonds. The van der Waals surface area contributed by atoms with Gasteiger partial charge < -0.3 is 5.32 Å². The van der Waals surface area contributed by atoms with Gasteiger partial charge in [0, 0.05) is 5.38 Å². The Morgan fingerprint density at radius 1 is 1.33 bits per heavy atom. The molecule has 0 bridgehead atoms. The van der Waals surface area contributed by atoms with Crippen LogP contribution in [0.1, 0.15) is 62.2 Å². The van der Waals surface area contributed by atoms with Crippen molar-refractivity contribution < 1.29 is 4.79 Å². The second kappa shape index (κ2) is 6.05. The normalized spacial score (nSPS) is 23.3. The molecule has 1 aliphatic heterocycles. The van der Waals surface area contributed by atoms with E-state index in [9.17, 15) is 4.79 Å². The van der Waals surface area contributed by atoms with E-state index in [1.807, 2.05) is 13.8 Å². The summed E-state index contributed by atoms with van der Waals surface area (Å²) in [6, 6.07) is 0.00234. The van der Waals surface area contributed by atoms with Crippen molar-refractivity contribution in [2.75, 3.05) is 13.1 Å². The highest BCUT2D eigenvalue weighted by atomic mass is 32.1. The fourth-order valence-electron chi connectivity index (χ4n) is 3.78. The highest BCUT2D eigenvalue weighted by molar-refractivity contribution is 7.09. The quantitative estimate of drug-likeness (QED) is 0.930. The monoisotopic (exact) mass is 307 g/mol. The summed E-state index contributed by atoms with van der Waals surface area (Å²) in [5.74, 6) is 0.222. The third kappa shape index (κ3) is 2.86. The van der Waals surface area contributed by atoms with Gasteiger partial charge >= 0.3 is 0 Å². The Balaban J connectivity index is 1.72. The molecule has 2 heterocycles. The Kier molecular flexibility index (Phi) is 4.31. The minimum Gasteiger partial charge on any atom is -0.346 e. The van der Waals surface area contributed by atoms with Crippen LogP contribution in [0.25, 0.3) is 0 Å². The van der Waals surface area contributed by atoms with Gasteiger partial charge in [0.05, 0.1) is 16.7 Å². The van der Waals surface area contributed by atoms with Gasteiger partial charge in [0.2, 0.25) is 5.91 Å². The number of rotatable bonds is 4. The molecule has 1 saturated heterocycles.